The average molecular weight is 381 g/mol. The van der Waals surface area contributed by atoms with E-state index in [1.165, 1.54) is 12.8 Å². The number of aliphatic imine (C=N–C) groups is 1. The van der Waals surface area contributed by atoms with Crippen molar-refractivity contribution in [3.05, 3.63) is 35.9 Å². The minimum absolute atomic E-state index is 0.0299. The van der Waals surface area contributed by atoms with Crippen LogP contribution in [0.3, 0.4) is 0 Å². The second-order valence-corrected chi connectivity index (χ2v) is 9.26. The fourth-order valence-electron chi connectivity index (χ4n) is 3.37. The second kappa shape index (κ2) is 9.92. The minimum atomic E-state index is -3.32. The van der Waals surface area contributed by atoms with Crippen molar-refractivity contribution in [2.24, 2.45) is 16.8 Å². The Labute approximate surface area is 158 Å². The SMILES string of the molecule is CN=C(NCCS(=O)(=O)NCc1ccccc1)N1CCC(CC(C)C)C1. The average Bonchev–Trinajstić information content (AvgIpc) is 3.05. The Morgan fingerprint density at radius 2 is 2.04 bits per heavy atom. The van der Waals surface area contributed by atoms with Crippen LogP contribution in [0.5, 0.6) is 0 Å². The smallest absolute Gasteiger partial charge is 0.213 e. The van der Waals surface area contributed by atoms with E-state index in [9.17, 15) is 8.42 Å². The van der Waals surface area contributed by atoms with Gasteiger partial charge in [-0.3, -0.25) is 4.99 Å². The van der Waals surface area contributed by atoms with Gasteiger partial charge < -0.3 is 10.2 Å². The molecular weight excluding hydrogens is 348 g/mol. The molecule has 1 atom stereocenters. The summed E-state index contributed by atoms with van der Waals surface area (Å²) in [6.07, 6.45) is 2.40. The van der Waals surface area contributed by atoms with E-state index in [4.69, 9.17) is 0 Å². The molecule has 2 N–H and O–H groups in total. The third kappa shape index (κ3) is 6.96. The lowest BCUT2D eigenvalue weighted by Crippen LogP contribution is -2.43. The number of rotatable bonds is 8. The van der Waals surface area contributed by atoms with E-state index in [2.05, 4.69) is 33.8 Å². The molecule has 1 aromatic carbocycles. The van der Waals surface area contributed by atoms with Crippen molar-refractivity contribution in [3.63, 3.8) is 0 Å². The summed E-state index contributed by atoms with van der Waals surface area (Å²) in [4.78, 5) is 6.55. The van der Waals surface area contributed by atoms with Crippen molar-refractivity contribution < 1.29 is 8.42 Å². The van der Waals surface area contributed by atoms with Crippen LogP contribution in [0.15, 0.2) is 35.3 Å². The van der Waals surface area contributed by atoms with Crippen molar-refractivity contribution in [1.82, 2.24) is 14.9 Å². The zero-order chi connectivity index (χ0) is 19.0. The molecule has 1 unspecified atom stereocenters. The molecule has 0 radical (unpaired) electrons. The molecule has 146 valence electrons. The normalized spacial score (nSPS) is 18.5. The first-order chi connectivity index (χ1) is 12.4. The van der Waals surface area contributed by atoms with Crippen molar-refractivity contribution >= 4 is 16.0 Å². The summed E-state index contributed by atoms with van der Waals surface area (Å²) < 4.78 is 27.0. The molecule has 0 aromatic heterocycles. The molecule has 0 saturated carbocycles. The largest absolute Gasteiger partial charge is 0.355 e. The van der Waals surface area contributed by atoms with Gasteiger partial charge in [-0.25, -0.2) is 13.1 Å². The molecule has 26 heavy (non-hydrogen) atoms. The fourth-order valence-corrected chi connectivity index (χ4v) is 4.28. The minimum Gasteiger partial charge on any atom is -0.355 e. The molecule has 1 aromatic rings. The molecule has 0 bridgehead atoms. The van der Waals surface area contributed by atoms with Gasteiger partial charge in [-0.2, -0.15) is 0 Å². The molecule has 0 aliphatic carbocycles. The van der Waals surface area contributed by atoms with E-state index in [1.807, 2.05) is 30.3 Å². The monoisotopic (exact) mass is 380 g/mol. The lowest BCUT2D eigenvalue weighted by molar-refractivity contribution is 0.404. The lowest BCUT2D eigenvalue weighted by Gasteiger charge is -2.22. The fraction of sp³-hybridized carbons (Fsp3) is 0.632. The van der Waals surface area contributed by atoms with E-state index in [1.54, 1.807) is 7.05 Å². The van der Waals surface area contributed by atoms with Crippen LogP contribution >= 0.6 is 0 Å². The number of sulfonamides is 1. The Morgan fingerprint density at radius 3 is 2.69 bits per heavy atom. The number of nitrogens with one attached hydrogen (secondary N) is 2. The van der Waals surface area contributed by atoms with E-state index in [0.717, 1.165) is 24.6 Å². The molecule has 1 heterocycles. The second-order valence-electron chi connectivity index (χ2n) is 7.33. The molecule has 7 heteroatoms. The van der Waals surface area contributed by atoms with Gasteiger partial charge >= 0.3 is 0 Å². The Balaban J connectivity index is 1.74. The van der Waals surface area contributed by atoms with Gasteiger partial charge in [-0.05, 0) is 30.2 Å². The van der Waals surface area contributed by atoms with Gasteiger partial charge in [0.25, 0.3) is 0 Å². The van der Waals surface area contributed by atoms with Gasteiger partial charge in [0.15, 0.2) is 5.96 Å². The summed E-state index contributed by atoms with van der Waals surface area (Å²) in [5.41, 5.74) is 0.952. The maximum atomic E-state index is 12.2. The highest BCUT2D eigenvalue weighted by molar-refractivity contribution is 7.89. The van der Waals surface area contributed by atoms with E-state index < -0.39 is 10.0 Å². The van der Waals surface area contributed by atoms with Crippen molar-refractivity contribution in [1.29, 1.82) is 0 Å². The summed E-state index contributed by atoms with van der Waals surface area (Å²) in [5.74, 6) is 2.23. The summed E-state index contributed by atoms with van der Waals surface area (Å²) in [5, 5.41) is 3.20. The van der Waals surface area contributed by atoms with Gasteiger partial charge in [0.05, 0.1) is 5.75 Å². The van der Waals surface area contributed by atoms with Gasteiger partial charge in [0, 0.05) is 33.2 Å². The highest BCUT2D eigenvalue weighted by Crippen LogP contribution is 2.23. The van der Waals surface area contributed by atoms with Crippen molar-refractivity contribution in [3.8, 4) is 0 Å². The molecule has 0 amide bonds. The summed E-state index contributed by atoms with van der Waals surface area (Å²) in [7, 11) is -1.57. The topological polar surface area (TPSA) is 73.8 Å². The molecule has 6 nitrogen and oxygen atoms in total. The summed E-state index contributed by atoms with van der Waals surface area (Å²) in [6.45, 7) is 7.15. The molecule has 1 saturated heterocycles. The van der Waals surface area contributed by atoms with E-state index >= 15 is 0 Å². The molecule has 0 spiro atoms. The Bertz CT molecular complexity index is 674. The van der Waals surface area contributed by atoms with Gasteiger partial charge in [0.2, 0.25) is 10.0 Å². The lowest BCUT2D eigenvalue weighted by atomic mass is 9.97. The number of likely N-dealkylation sites (tertiary alicyclic amines) is 1. The third-order valence-corrected chi connectivity index (χ3v) is 5.92. The van der Waals surface area contributed by atoms with E-state index in [0.29, 0.717) is 24.9 Å². The van der Waals surface area contributed by atoms with Gasteiger partial charge in [0.1, 0.15) is 0 Å². The summed E-state index contributed by atoms with van der Waals surface area (Å²) in [6, 6.07) is 9.53. The number of benzene rings is 1. The maximum Gasteiger partial charge on any atom is 0.213 e. The first-order valence-electron chi connectivity index (χ1n) is 9.36. The summed E-state index contributed by atoms with van der Waals surface area (Å²) >= 11 is 0. The Hall–Kier alpha value is -1.60. The first-order valence-corrected chi connectivity index (χ1v) is 11.0. The van der Waals surface area contributed by atoms with Crippen LogP contribution in [0, 0.1) is 11.8 Å². The van der Waals surface area contributed by atoms with Crippen LogP contribution in [-0.4, -0.2) is 51.7 Å². The first kappa shape index (κ1) is 20.7. The van der Waals surface area contributed by atoms with Gasteiger partial charge in [-0.15, -0.1) is 0 Å². The standard InChI is InChI=1S/C19H32N4O2S/c1-16(2)13-18-9-11-23(15-18)19(20-3)21-10-12-26(24,25)22-14-17-7-5-4-6-8-17/h4-8,16,18,22H,9-15H2,1-3H3,(H,20,21). The highest BCUT2D eigenvalue weighted by Gasteiger charge is 2.25. The highest BCUT2D eigenvalue weighted by atomic mass is 32.2. The number of guanidine groups is 1. The van der Waals surface area contributed by atoms with E-state index in [-0.39, 0.29) is 5.75 Å². The molecular formula is C19H32N4O2S. The van der Waals surface area contributed by atoms with Crippen LogP contribution in [0.4, 0.5) is 0 Å². The quantitative estimate of drug-likeness (QED) is 0.535. The molecule has 1 aliphatic heterocycles. The van der Waals surface area contributed by atoms with Crippen LogP contribution in [0.1, 0.15) is 32.3 Å². The molecule has 2 rings (SSSR count). The number of hydrogen-bond acceptors (Lipinski definition) is 3. The zero-order valence-corrected chi connectivity index (χ0v) is 16.9. The Kier molecular flexibility index (Phi) is 7.90. The van der Waals surface area contributed by atoms with Crippen molar-refractivity contribution in [2.75, 3.05) is 32.4 Å². The van der Waals surface area contributed by atoms with Crippen molar-refractivity contribution in [2.45, 2.75) is 33.2 Å². The predicted molar refractivity (Wildman–Crippen MR) is 108 cm³/mol. The van der Waals surface area contributed by atoms with Gasteiger partial charge in [-0.1, -0.05) is 44.2 Å². The van der Waals surface area contributed by atoms with Crippen LogP contribution in [-0.2, 0) is 16.6 Å². The number of hydrogen-bond donors (Lipinski definition) is 2. The predicted octanol–water partition coefficient (Wildman–Crippen LogP) is 2.05. The van der Waals surface area contributed by atoms with Crippen LogP contribution in [0.2, 0.25) is 0 Å². The number of nitrogens with zero attached hydrogens (tertiary/aromatic N) is 2. The third-order valence-electron chi connectivity index (χ3n) is 4.59. The zero-order valence-electron chi connectivity index (χ0n) is 16.1. The van der Waals surface area contributed by atoms with Crippen LogP contribution < -0.4 is 10.0 Å². The van der Waals surface area contributed by atoms with Crippen LogP contribution in [0.25, 0.3) is 0 Å². The molecule has 1 fully saturated rings. The maximum absolute atomic E-state index is 12.2. The Morgan fingerprint density at radius 1 is 1.31 bits per heavy atom. The molecule has 1 aliphatic rings.